The van der Waals surface area contributed by atoms with Crippen LogP contribution in [0, 0.1) is 6.92 Å². The van der Waals surface area contributed by atoms with Crippen molar-refractivity contribution in [2.45, 2.75) is 19.9 Å². The van der Waals surface area contributed by atoms with Gasteiger partial charge in [-0.15, -0.1) is 0 Å². The Morgan fingerprint density at radius 3 is 2.40 bits per heavy atom. The van der Waals surface area contributed by atoms with Crippen molar-refractivity contribution in [3.63, 3.8) is 0 Å². The number of aliphatic hydroxyl groups is 1. The number of ether oxygens (including phenoxy) is 3. The Morgan fingerprint density at radius 2 is 1.71 bits per heavy atom. The quantitative estimate of drug-likeness (QED) is 0.294. The third-order valence-electron chi connectivity index (χ3n) is 5.87. The summed E-state index contributed by atoms with van der Waals surface area (Å²) in [5.74, 6) is -0.423. The summed E-state index contributed by atoms with van der Waals surface area (Å²) in [6.45, 7) is 4.26. The van der Waals surface area contributed by atoms with E-state index in [0.29, 0.717) is 35.1 Å². The van der Waals surface area contributed by atoms with E-state index in [1.165, 1.54) is 19.1 Å². The molecule has 1 fully saturated rings. The maximum atomic E-state index is 13.4. The molecule has 4 rings (SSSR count). The molecule has 35 heavy (non-hydrogen) atoms. The fraction of sp³-hybridized carbons (Fsp3) is 0.214. The minimum Gasteiger partial charge on any atom is -0.507 e. The number of hydrogen-bond donors (Lipinski definition) is 1. The van der Waals surface area contributed by atoms with Crippen LogP contribution in [-0.2, 0) is 9.59 Å². The Labute approximate surface area is 204 Å². The third-order valence-corrected chi connectivity index (χ3v) is 5.87. The highest BCUT2D eigenvalue weighted by atomic mass is 16.5. The molecule has 1 unspecified atom stereocenters. The number of ketones is 1. The molecule has 0 bridgehead atoms. The van der Waals surface area contributed by atoms with Gasteiger partial charge in [0.05, 0.1) is 38.0 Å². The summed E-state index contributed by atoms with van der Waals surface area (Å²) in [6, 6.07) is 18.5. The zero-order valence-electron chi connectivity index (χ0n) is 20.1. The number of carbonyl (C=O) groups excluding carboxylic acids is 2. The number of rotatable bonds is 7. The Kier molecular flexibility index (Phi) is 6.78. The zero-order valence-corrected chi connectivity index (χ0v) is 20.1. The summed E-state index contributed by atoms with van der Waals surface area (Å²) in [5.41, 5.74) is 2.40. The lowest BCUT2D eigenvalue weighted by molar-refractivity contribution is -0.132. The monoisotopic (exact) mass is 473 g/mol. The molecular weight excluding hydrogens is 446 g/mol. The normalized spacial score (nSPS) is 16.9. The molecule has 0 aliphatic carbocycles. The second kappa shape index (κ2) is 9.93. The van der Waals surface area contributed by atoms with Gasteiger partial charge in [-0.2, -0.15) is 0 Å². The van der Waals surface area contributed by atoms with Crippen molar-refractivity contribution < 1.29 is 28.9 Å². The van der Waals surface area contributed by atoms with Gasteiger partial charge in [0.25, 0.3) is 11.7 Å². The molecule has 180 valence electrons. The highest BCUT2D eigenvalue weighted by molar-refractivity contribution is 6.51. The average molecular weight is 474 g/mol. The lowest BCUT2D eigenvalue weighted by atomic mass is 9.94. The van der Waals surface area contributed by atoms with Gasteiger partial charge in [0.1, 0.15) is 23.0 Å². The molecule has 0 aromatic heterocycles. The molecule has 1 saturated heterocycles. The maximum absolute atomic E-state index is 13.4. The first-order chi connectivity index (χ1) is 16.9. The highest BCUT2D eigenvalue weighted by Gasteiger charge is 2.47. The number of aryl methyl sites for hydroxylation is 1. The number of benzene rings is 3. The minimum absolute atomic E-state index is 0.0223. The van der Waals surface area contributed by atoms with Crippen LogP contribution >= 0.6 is 0 Å². The van der Waals surface area contributed by atoms with E-state index in [2.05, 4.69) is 0 Å². The van der Waals surface area contributed by atoms with Crippen molar-refractivity contribution in [3.05, 3.63) is 89.0 Å². The summed E-state index contributed by atoms with van der Waals surface area (Å²) in [4.78, 5) is 28.2. The van der Waals surface area contributed by atoms with Crippen LogP contribution < -0.4 is 19.1 Å². The van der Waals surface area contributed by atoms with Crippen molar-refractivity contribution in [3.8, 4) is 17.2 Å². The molecule has 3 aromatic rings. The summed E-state index contributed by atoms with van der Waals surface area (Å²) in [6.07, 6.45) is 0. The van der Waals surface area contributed by atoms with Crippen molar-refractivity contribution in [1.29, 1.82) is 0 Å². The number of aliphatic hydroxyl groups excluding tert-OH is 1. The van der Waals surface area contributed by atoms with Gasteiger partial charge in [-0.3, -0.25) is 14.5 Å². The summed E-state index contributed by atoms with van der Waals surface area (Å²) >= 11 is 0. The van der Waals surface area contributed by atoms with Crippen molar-refractivity contribution in [2.75, 3.05) is 25.7 Å². The number of anilines is 1. The van der Waals surface area contributed by atoms with Crippen LogP contribution in [0.4, 0.5) is 5.69 Å². The molecule has 1 aliphatic rings. The number of hydrogen-bond acceptors (Lipinski definition) is 6. The lowest BCUT2D eigenvalue weighted by Crippen LogP contribution is -2.29. The molecule has 1 aliphatic heterocycles. The summed E-state index contributed by atoms with van der Waals surface area (Å²) in [5, 5.41) is 11.4. The van der Waals surface area contributed by atoms with E-state index in [1.807, 2.05) is 38.1 Å². The predicted octanol–water partition coefficient (Wildman–Crippen LogP) is 5.04. The van der Waals surface area contributed by atoms with Crippen LogP contribution in [0.1, 0.15) is 29.7 Å². The molecule has 1 amide bonds. The highest BCUT2D eigenvalue weighted by Crippen LogP contribution is 2.44. The molecule has 7 nitrogen and oxygen atoms in total. The topological polar surface area (TPSA) is 85.3 Å². The molecular formula is C28H27NO6. The zero-order chi connectivity index (χ0) is 25.1. The first-order valence-electron chi connectivity index (χ1n) is 11.2. The number of methoxy groups -OCH3 is 2. The van der Waals surface area contributed by atoms with Crippen LogP contribution in [0.15, 0.2) is 72.3 Å². The number of Topliss-reactive ketones (excluding diaryl/α,β-unsaturated/α-hetero) is 1. The fourth-order valence-corrected chi connectivity index (χ4v) is 4.28. The molecule has 1 atom stereocenters. The van der Waals surface area contributed by atoms with Gasteiger partial charge < -0.3 is 19.3 Å². The van der Waals surface area contributed by atoms with E-state index < -0.39 is 17.7 Å². The molecule has 0 saturated carbocycles. The summed E-state index contributed by atoms with van der Waals surface area (Å²) in [7, 11) is 2.98. The van der Waals surface area contributed by atoms with Crippen LogP contribution in [0.3, 0.4) is 0 Å². The van der Waals surface area contributed by atoms with Gasteiger partial charge in [0.15, 0.2) is 0 Å². The summed E-state index contributed by atoms with van der Waals surface area (Å²) < 4.78 is 16.3. The van der Waals surface area contributed by atoms with E-state index in [9.17, 15) is 14.7 Å². The van der Waals surface area contributed by atoms with Gasteiger partial charge in [-0.05, 0) is 43.7 Å². The van der Waals surface area contributed by atoms with Crippen LogP contribution in [0.2, 0.25) is 0 Å². The molecule has 3 aromatic carbocycles. The van der Waals surface area contributed by atoms with Crippen molar-refractivity contribution in [1.82, 2.24) is 0 Å². The van der Waals surface area contributed by atoms with Gasteiger partial charge in [-0.1, -0.05) is 35.9 Å². The van der Waals surface area contributed by atoms with E-state index in [-0.39, 0.29) is 16.9 Å². The smallest absolute Gasteiger partial charge is 0.300 e. The van der Waals surface area contributed by atoms with Crippen LogP contribution in [-0.4, -0.2) is 37.6 Å². The number of nitrogens with zero attached hydrogens (tertiary/aromatic N) is 1. The fourth-order valence-electron chi connectivity index (χ4n) is 4.28. The molecule has 1 N–H and O–H groups in total. The molecule has 0 radical (unpaired) electrons. The number of amides is 1. The Hall–Kier alpha value is -4.26. The number of carbonyl (C=O) groups is 2. The van der Waals surface area contributed by atoms with Crippen LogP contribution in [0.25, 0.3) is 5.76 Å². The van der Waals surface area contributed by atoms with Gasteiger partial charge in [-0.25, -0.2) is 0 Å². The second-order valence-electron chi connectivity index (χ2n) is 8.08. The first kappa shape index (κ1) is 23.9. The van der Waals surface area contributed by atoms with Gasteiger partial charge >= 0.3 is 0 Å². The molecule has 0 spiro atoms. The van der Waals surface area contributed by atoms with E-state index >= 15 is 0 Å². The molecule has 7 heteroatoms. The minimum atomic E-state index is -0.849. The average Bonchev–Trinajstić information content (AvgIpc) is 3.14. The van der Waals surface area contributed by atoms with Gasteiger partial charge in [0, 0.05) is 17.8 Å². The van der Waals surface area contributed by atoms with E-state index in [1.54, 1.807) is 42.5 Å². The largest absolute Gasteiger partial charge is 0.507 e. The van der Waals surface area contributed by atoms with E-state index in [0.717, 1.165) is 5.56 Å². The van der Waals surface area contributed by atoms with Crippen LogP contribution in [0.5, 0.6) is 17.2 Å². The Balaban J connectivity index is 1.95. The van der Waals surface area contributed by atoms with E-state index in [4.69, 9.17) is 14.2 Å². The molecule has 1 heterocycles. The lowest BCUT2D eigenvalue weighted by Gasteiger charge is -2.26. The SMILES string of the molecule is CCOc1cccc(N2C(=O)C(=O)/C(=C(\O)c3ccc(OC)cc3OC)C2c2cccc(C)c2)c1. The third kappa shape index (κ3) is 4.45. The van der Waals surface area contributed by atoms with Crippen molar-refractivity contribution in [2.24, 2.45) is 0 Å². The Morgan fingerprint density at radius 1 is 0.943 bits per heavy atom. The first-order valence-corrected chi connectivity index (χ1v) is 11.2. The Bertz CT molecular complexity index is 1310. The second-order valence-corrected chi connectivity index (χ2v) is 8.08. The predicted molar refractivity (Wildman–Crippen MR) is 133 cm³/mol. The van der Waals surface area contributed by atoms with Gasteiger partial charge in [0.2, 0.25) is 0 Å². The maximum Gasteiger partial charge on any atom is 0.300 e. The van der Waals surface area contributed by atoms with Crippen molar-refractivity contribution >= 4 is 23.1 Å². The standard InChI is InChI=1S/C28H27NO6/c1-5-35-21-11-7-10-19(15-21)29-25(18-9-6-8-17(2)14-18)24(27(31)28(29)32)26(30)22-13-12-20(33-3)16-23(22)34-4/h6-16,25,30H,5H2,1-4H3/b26-24-.